The Bertz CT molecular complexity index is 886. The van der Waals surface area contributed by atoms with Crippen LogP contribution in [0.1, 0.15) is 18.9 Å². The molecular weight excluding hydrogens is 372 g/mol. The molecule has 29 heavy (non-hydrogen) atoms. The van der Waals surface area contributed by atoms with E-state index in [-0.39, 0.29) is 42.1 Å². The van der Waals surface area contributed by atoms with Gasteiger partial charge in [-0.1, -0.05) is 12.2 Å². The Kier molecular flexibility index (Phi) is 4.26. The summed E-state index contributed by atoms with van der Waals surface area (Å²) in [5.74, 6) is 0.830. The lowest BCUT2D eigenvalue weighted by Gasteiger charge is -2.37. The second kappa shape index (κ2) is 6.83. The van der Waals surface area contributed by atoms with Crippen LogP contribution in [-0.2, 0) is 19.1 Å². The fourth-order valence-corrected chi connectivity index (χ4v) is 5.17. The van der Waals surface area contributed by atoms with Gasteiger partial charge in [-0.2, -0.15) is 10.1 Å². The number of carbonyl (C=O) groups is 3. The molecule has 5 aliphatic rings. The molecule has 150 valence electrons. The minimum atomic E-state index is -0.424. The third-order valence-electron chi connectivity index (χ3n) is 6.50. The molecule has 3 fully saturated rings. The van der Waals surface area contributed by atoms with Crippen LogP contribution in [0, 0.1) is 35.5 Å². The van der Waals surface area contributed by atoms with Gasteiger partial charge in [-0.25, -0.2) is 4.79 Å². The predicted molar refractivity (Wildman–Crippen MR) is 103 cm³/mol. The van der Waals surface area contributed by atoms with Crippen molar-refractivity contribution < 1.29 is 23.9 Å². The number of nitrogens with zero attached hydrogens (tertiary/aromatic N) is 2. The summed E-state index contributed by atoms with van der Waals surface area (Å²) in [4.78, 5) is 37.1. The van der Waals surface area contributed by atoms with Crippen molar-refractivity contribution >= 4 is 24.0 Å². The molecule has 0 unspecified atom stereocenters. The number of rotatable bonds is 6. The van der Waals surface area contributed by atoms with E-state index in [4.69, 9.17) is 9.47 Å². The number of benzene rings is 1. The summed E-state index contributed by atoms with van der Waals surface area (Å²) in [5, 5.41) is 5.28. The molecule has 0 N–H and O–H groups in total. The summed E-state index contributed by atoms with van der Waals surface area (Å²) in [6.07, 6.45) is 6.95. The lowest BCUT2D eigenvalue weighted by Crippen LogP contribution is -2.40. The molecule has 2 saturated carbocycles. The molecule has 1 aromatic carbocycles. The van der Waals surface area contributed by atoms with Gasteiger partial charge < -0.3 is 9.47 Å². The molecule has 0 radical (unpaired) electrons. The van der Waals surface area contributed by atoms with Crippen molar-refractivity contribution in [3.63, 3.8) is 0 Å². The first-order valence-corrected chi connectivity index (χ1v) is 10.1. The highest BCUT2D eigenvalue weighted by molar-refractivity contribution is 6.06. The normalized spacial score (nSPS) is 33.8. The van der Waals surface area contributed by atoms with E-state index in [0.29, 0.717) is 24.2 Å². The van der Waals surface area contributed by atoms with Crippen molar-refractivity contribution in [1.82, 2.24) is 5.01 Å². The van der Waals surface area contributed by atoms with Gasteiger partial charge in [0.1, 0.15) is 5.75 Å². The third-order valence-corrected chi connectivity index (χ3v) is 6.50. The summed E-state index contributed by atoms with van der Waals surface area (Å²) in [6.45, 7) is 1.89. The van der Waals surface area contributed by atoms with Gasteiger partial charge in [0.05, 0.1) is 24.7 Å². The van der Waals surface area contributed by atoms with Crippen LogP contribution in [-0.4, -0.2) is 42.2 Å². The molecule has 6 atom stereocenters. The first-order chi connectivity index (χ1) is 14.1. The summed E-state index contributed by atoms with van der Waals surface area (Å²) in [6, 6.07) is 6.91. The van der Waals surface area contributed by atoms with E-state index in [1.165, 1.54) is 6.21 Å². The standard InChI is InChI=1S/C22H22N2O5/c1-2-28-18(25)11-29-13-5-3-12(4-6-13)10-23-24-21(26)19-14-7-8-15(17-9-16(14)17)20(19)22(24)27/h3-8,10,14-17,19-20H,2,9,11H2,1H3/b23-10-/t14-,15-,16-,17-,19-,20+/m0/s1. The smallest absolute Gasteiger partial charge is 0.344 e. The molecular formula is C22H22N2O5. The molecule has 1 aromatic rings. The Labute approximate surface area is 168 Å². The van der Waals surface area contributed by atoms with Crippen LogP contribution in [0.5, 0.6) is 5.75 Å². The van der Waals surface area contributed by atoms with Gasteiger partial charge >= 0.3 is 5.97 Å². The maximum atomic E-state index is 12.9. The van der Waals surface area contributed by atoms with Gasteiger partial charge in [0, 0.05) is 0 Å². The van der Waals surface area contributed by atoms with E-state index < -0.39 is 5.97 Å². The number of amides is 2. The predicted octanol–water partition coefficient (Wildman–Crippen LogP) is 2.02. The first kappa shape index (κ1) is 18.1. The van der Waals surface area contributed by atoms with E-state index in [2.05, 4.69) is 17.3 Å². The average molecular weight is 394 g/mol. The van der Waals surface area contributed by atoms with Crippen molar-refractivity contribution in [2.24, 2.45) is 40.6 Å². The number of esters is 1. The lowest BCUT2D eigenvalue weighted by molar-refractivity contribution is -0.145. The van der Waals surface area contributed by atoms with E-state index in [0.717, 1.165) is 17.0 Å². The molecule has 1 heterocycles. The van der Waals surface area contributed by atoms with Gasteiger partial charge in [0.25, 0.3) is 11.8 Å². The maximum Gasteiger partial charge on any atom is 0.344 e. The van der Waals surface area contributed by atoms with Gasteiger partial charge in [0.15, 0.2) is 6.61 Å². The van der Waals surface area contributed by atoms with Crippen LogP contribution < -0.4 is 4.74 Å². The van der Waals surface area contributed by atoms with Gasteiger partial charge in [-0.05, 0) is 66.8 Å². The number of hydrogen-bond acceptors (Lipinski definition) is 6. The number of hydrazone groups is 1. The van der Waals surface area contributed by atoms with Crippen LogP contribution in [0.3, 0.4) is 0 Å². The quantitative estimate of drug-likeness (QED) is 0.319. The number of allylic oxidation sites excluding steroid dienone is 2. The Morgan fingerprint density at radius 3 is 2.31 bits per heavy atom. The SMILES string of the molecule is CCOC(=O)COc1ccc(/C=N\N2C(=O)[C@@H]3[C@H]4C=C[C@@H]([C@@H]5C[C@@H]45)[C@@H]3C2=O)cc1. The van der Waals surface area contributed by atoms with E-state index >= 15 is 0 Å². The Balaban J connectivity index is 1.25. The van der Waals surface area contributed by atoms with E-state index in [1.54, 1.807) is 31.2 Å². The second-order valence-electron chi connectivity index (χ2n) is 8.05. The first-order valence-electron chi connectivity index (χ1n) is 10.1. The van der Waals surface area contributed by atoms with Gasteiger partial charge in [0.2, 0.25) is 0 Å². The summed E-state index contributed by atoms with van der Waals surface area (Å²) in [7, 11) is 0. The van der Waals surface area contributed by atoms with Crippen molar-refractivity contribution in [3.8, 4) is 5.75 Å². The summed E-state index contributed by atoms with van der Waals surface area (Å²) in [5.41, 5.74) is 0.730. The van der Waals surface area contributed by atoms with Crippen LogP contribution in [0.4, 0.5) is 0 Å². The monoisotopic (exact) mass is 394 g/mol. The lowest BCUT2D eigenvalue weighted by atomic mass is 9.63. The zero-order chi connectivity index (χ0) is 20.1. The summed E-state index contributed by atoms with van der Waals surface area (Å²) >= 11 is 0. The van der Waals surface area contributed by atoms with Crippen molar-refractivity contribution in [3.05, 3.63) is 42.0 Å². The topological polar surface area (TPSA) is 85.3 Å². The number of carbonyl (C=O) groups excluding carboxylic acids is 3. The van der Waals surface area contributed by atoms with Crippen molar-refractivity contribution in [1.29, 1.82) is 0 Å². The molecule has 0 spiro atoms. The highest BCUT2D eigenvalue weighted by Gasteiger charge is 2.67. The molecule has 2 bridgehead atoms. The Morgan fingerprint density at radius 1 is 1.10 bits per heavy atom. The fourth-order valence-electron chi connectivity index (χ4n) is 5.17. The van der Waals surface area contributed by atoms with Crippen LogP contribution >= 0.6 is 0 Å². The minimum Gasteiger partial charge on any atom is -0.482 e. The molecule has 1 aliphatic heterocycles. The molecule has 0 aromatic heterocycles. The van der Waals surface area contributed by atoms with Crippen molar-refractivity contribution in [2.45, 2.75) is 13.3 Å². The Hall–Kier alpha value is -2.96. The minimum absolute atomic E-state index is 0.154. The van der Waals surface area contributed by atoms with Crippen LogP contribution in [0.2, 0.25) is 0 Å². The van der Waals surface area contributed by atoms with Gasteiger partial charge in [-0.15, -0.1) is 0 Å². The van der Waals surface area contributed by atoms with Crippen LogP contribution in [0.15, 0.2) is 41.5 Å². The van der Waals surface area contributed by atoms with E-state index in [9.17, 15) is 14.4 Å². The summed E-state index contributed by atoms with van der Waals surface area (Å²) < 4.78 is 10.2. The van der Waals surface area contributed by atoms with E-state index in [1.807, 2.05) is 0 Å². The van der Waals surface area contributed by atoms with Crippen molar-refractivity contribution in [2.75, 3.05) is 13.2 Å². The molecule has 7 heteroatoms. The molecule has 7 nitrogen and oxygen atoms in total. The van der Waals surface area contributed by atoms with Crippen LogP contribution in [0.25, 0.3) is 0 Å². The molecule has 4 aliphatic carbocycles. The zero-order valence-electron chi connectivity index (χ0n) is 16.1. The molecule has 2 amide bonds. The highest BCUT2D eigenvalue weighted by atomic mass is 16.6. The Morgan fingerprint density at radius 2 is 1.72 bits per heavy atom. The number of hydrogen-bond donors (Lipinski definition) is 0. The maximum absolute atomic E-state index is 12.9. The largest absolute Gasteiger partial charge is 0.482 e. The molecule has 1 saturated heterocycles. The highest BCUT2D eigenvalue weighted by Crippen LogP contribution is 2.65. The number of ether oxygens (including phenoxy) is 2. The average Bonchev–Trinajstić information content (AvgIpc) is 3.51. The van der Waals surface area contributed by atoms with Gasteiger partial charge in [-0.3, -0.25) is 9.59 Å². The molecule has 6 rings (SSSR count). The second-order valence-corrected chi connectivity index (χ2v) is 8.05. The number of imide groups is 1. The fraction of sp³-hybridized carbons (Fsp3) is 0.455. The zero-order valence-corrected chi connectivity index (χ0v) is 16.1. The third kappa shape index (κ3) is 2.96.